The van der Waals surface area contributed by atoms with Crippen molar-refractivity contribution in [3.63, 3.8) is 0 Å². The van der Waals surface area contributed by atoms with E-state index in [0.29, 0.717) is 35.2 Å². The van der Waals surface area contributed by atoms with E-state index in [0.717, 1.165) is 5.69 Å². The SMILES string of the molecule is CCOC(=O)c1ccccc1Nc1cc(Nc2cccc(NC(C)=O)c2)ncn1. The second-order valence-corrected chi connectivity index (χ2v) is 6.07. The molecule has 0 aliphatic heterocycles. The first-order chi connectivity index (χ1) is 14.0. The Morgan fingerprint density at radius 1 is 0.931 bits per heavy atom. The molecule has 1 aromatic heterocycles. The van der Waals surface area contributed by atoms with E-state index in [2.05, 4.69) is 25.9 Å². The number of hydrogen-bond acceptors (Lipinski definition) is 7. The zero-order valence-electron chi connectivity index (χ0n) is 16.1. The summed E-state index contributed by atoms with van der Waals surface area (Å²) in [5.74, 6) is 0.516. The Morgan fingerprint density at radius 2 is 1.66 bits per heavy atom. The first-order valence-electron chi connectivity index (χ1n) is 9.05. The lowest BCUT2D eigenvalue weighted by atomic mass is 10.2. The summed E-state index contributed by atoms with van der Waals surface area (Å²) < 4.78 is 5.09. The zero-order chi connectivity index (χ0) is 20.6. The Kier molecular flexibility index (Phi) is 6.36. The van der Waals surface area contributed by atoms with Gasteiger partial charge in [-0.05, 0) is 37.3 Å². The standard InChI is InChI=1S/C21H21N5O3/c1-3-29-21(28)17-9-4-5-10-18(17)26-20-12-19(22-13-23-20)25-16-8-6-7-15(11-16)24-14(2)27/h4-13H,3H2,1-2H3,(H,24,27)(H2,22,23,25,26). The molecule has 0 aliphatic carbocycles. The Morgan fingerprint density at radius 3 is 2.41 bits per heavy atom. The molecule has 1 amide bonds. The second-order valence-electron chi connectivity index (χ2n) is 6.07. The fourth-order valence-electron chi connectivity index (χ4n) is 2.64. The molecule has 3 N–H and O–H groups in total. The number of carbonyl (C=O) groups excluding carboxylic acids is 2. The van der Waals surface area contributed by atoms with E-state index in [9.17, 15) is 9.59 Å². The lowest BCUT2D eigenvalue weighted by Crippen LogP contribution is -2.08. The summed E-state index contributed by atoms with van der Waals surface area (Å²) in [6.07, 6.45) is 1.41. The minimum Gasteiger partial charge on any atom is -0.462 e. The highest BCUT2D eigenvalue weighted by Gasteiger charge is 2.12. The number of para-hydroxylation sites is 1. The van der Waals surface area contributed by atoms with Crippen molar-refractivity contribution in [3.05, 3.63) is 66.5 Å². The van der Waals surface area contributed by atoms with Crippen LogP contribution in [0.4, 0.5) is 28.7 Å². The summed E-state index contributed by atoms with van der Waals surface area (Å²) in [5, 5.41) is 9.03. The average molecular weight is 391 g/mol. The fraction of sp³-hybridized carbons (Fsp3) is 0.143. The van der Waals surface area contributed by atoms with Crippen LogP contribution in [0.15, 0.2) is 60.9 Å². The van der Waals surface area contributed by atoms with Gasteiger partial charge >= 0.3 is 5.97 Å². The van der Waals surface area contributed by atoms with Gasteiger partial charge in [0.1, 0.15) is 18.0 Å². The molecule has 0 radical (unpaired) electrons. The Labute approximate surface area is 168 Å². The van der Waals surface area contributed by atoms with Crippen molar-refractivity contribution in [1.29, 1.82) is 0 Å². The zero-order valence-corrected chi connectivity index (χ0v) is 16.1. The summed E-state index contributed by atoms with van der Waals surface area (Å²) >= 11 is 0. The molecule has 29 heavy (non-hydrogen) atoms. The molecule has 2 aromatic carbocycles. The molecule has 3 aromatic rings. The van der Waals surface area contributed by atoms with Crippen LogP contribution in [0.25, 0.3) is 0 Å². The molecular formula is C21H21N5O3. The van der Waals surface area contributed by atoms with Crippen LogP contribution in [0.2, 0.25) is 0 Å². The van der Waals surface area contributed by atoms with Crippen molar-refractivity contribution in [2.24, 2.45) is 0 Å². The first-order valence-corrected chi connectivity index (χ1v) is 9.05. The first kappa shape index (κ1) is 19.8. The van der Waals surface area contributed by atoms with Gasteiger partial charge in [0.25, 0.3) is 0 Å². The molecule has 148 valence electrons. The molecule has 0 bridgehead atoms. The van der Waals surface area contributed by atoms with Crippen LogP contribution in [-0.4, -0.2) is 28.5 Å². The van der Waals surface area contributed by atoms with Gasteiger partial charge < -0.3 is 20.7 Å². The van der Waals surface area contributed by atoms with E-state index in [1.54, 1.807) is 43.3 Å². The van der Waals surface area contributed by atoms with Gasteiger partial charge in [0.05, 0.1) is 17.9 Å². The lowest BCUT2D eigenvalue weighted by Gasteiger charge is -2.12. The molecule has 3 rings (SSSR count). The maximum Gasteiger partial charge on any atom is 0.340 e. The molecule has 8 nitrogen and oxygen atoms in total. The number of aromatic nitrogens is 2. The van der Waals surface area contributed by atoms with Crippen molar-refractivity contribution in [2.75, 3.05) is 22.6 Å². The molecular weight excluding hydrogens is 370 g/mol. The second kappa shape index (κ2) is 9.32. The molecule has 0 aliphatic rings. The molecule has 0 spiro atoms. The minimum absolute atomic E-state index is 0.143. The number of ether oxygens (including phenoxy) is 1. The number of esters is 1. The van der Waals surface area contributed by atoms with E-state index >= 15 is 0 Å². The van der Waals surface area contributed by atoms with Crippen molar-refractivity contribution < 1.29 is 14.3 Å². The van der Waals surface area contributed by atoms with Crippen molar-refractivity contribution >= 4 is 40.6 Å². The van der Waals surface area contributed by atoms with E-state index < -0.39 is 5.97 Å². The highest BCUT2D eigenvalue weighted by atomic mass is 16.5. The Hall–Kier alpha value is -3.94. The van der Waals surface area contributed by atoms with Gasteiger partial charge in [-0.25, -0.2) is 14.8 Å². The van der Waals surface area contributed by atoms with E-state index in [1.807, 2.05) is 18.2 Å². The van der Waals surface area contributed by atoms with E-state index in [1.165, 1.54) is 13.3 Å². The van der Waals surface area contributed by atoms with Gasteiger partial charge in [0.2, 0.25) is 5.91 Å². The third-order valence-corrected chi connectivity index (χ3v) is 3.81. The largest absolute Gasteiger partial charge is 0.462 e. The van der Waals surface area contributed by atoms with Crippen LogP contribution in [0.1, 0.15) is 24.2 Å². The van der Waals surface area contributed by atoms with Crippen LogP contribution in [0.3, 0.4) is 0 Å². The highest BCUT2D eigenvalue weighted by molar-refractivity contribution is 5.96. The Bertz CT molecular complexity index is 1020. The molecule has 8 heteroatoms. The number of nitrogens with one attached hydrogen (secondary N) is 3. The summed E-state index contributed by atoms with van der Waals surface area (Å²) in [6.45, 7) is 3.51. The normalized spacial score (nSPS) is 10.1. The van der Waals surface area contributed by atoms with Gasteiger partial charge in [-0.15, -0.1) is 0 Å². The Balaban J connectivity index is 1.77. The number of carbonyl (C=O) groups is 2. The summed E-state index contributed by atoms with van der Waals surface area (Å²) in [7, 11) is 0. The number of benzene rings is 2. The van der Waals surface area contributed by atoms with Crippen molar-refractivity contribution in [3.8, 4) is 0 Å². The van der Waals surface area contributed by atoms with Gasteiger partial charge in [0, 0.05) is 24.4 Å². The molecule has 0 atom stereocenters. The van der Waals surface area contributed by atoms with Gasteiger partial charge in [0.15, 0.2) is 0 Å². The fourth-order valence-corrected chi connectivity index (χ4v) is 2.64. The number of anilines is 5. The average Bonchev–Trinajstić information content (AvgIpc) is 2.68. The van der Waals surface area contributed by atoms with Gasteiger partial charge in [-0.1, -0.05) is 18.2 Å². The maximum absolute atomic E-state index is 12.1. The smallest absolute Gasteiger partial charge is 0.340 e. The van der Waals surface area contributed by atoms with Crippen LogP contribution in [-0.2, 0) is 9.53 Å². The molecule has 0 saturated carbocycles. The van der Waals surface area contributed by atoms with Crippen LogP contribution >= 0.6 is 0 Å². The van der Waals surface area contributed by atoms with Crippen LogP contribution in [0.5, 0.6) is 0 Å². The van der Waals surface area contributed by atoms with Gasteiger partial charge in [-0.3, -0.25) is 4.79 Å². The van der Waals surface area contributed by atoms with E-state index in [-0.39, 0.29) is 5.91 Å². The molecule has 0 saturated heterocycles. The van der Waals surface area contributed by atoms with Crippen LogP contribution < -0.4 is 16.0 Å². The number of nitrogens with zero attached hydrogens (tertiary/aromatic N) is 2. The molecule has 0 unspecified atom stereocenters. The third kappa shape index (κ3) is 5.52. The topological polar surface area (TPSA) is 105 Å². The number of amides is 1. The predicted molar refractivity (Wildman–Crippen MR) is 112 cm³/mol. The molecule has 1 heterocycles. The summed E-state index contributed by atoms with van der Waals surface area (Å²) in [4.78, 5) is 31.8. The number of hydrogen-bond donors (Lipinski definition) is 3. The summed E-state index contributed by atoms with van der Waals surface area (Å²) in [5.41, 5.74) is 2.44. The monoisotopic (exact) mass is 391 g/mol. The third-order valence-electron chi connectivity index (χ3n) is 3.81. The predicted octanol–water partition coefficient (Wildman–Crippen LogP) is 4.10. The lowest BCUT2D eigenvalue weighted by molar-refractivity contribution is -0.114. The van der Waals surface area contributed by atoms with Crippen molar-refractivity contribution in [2.45, 2.75) is 13.8 Å². The highest BCUT2D eigenvalue weighted by Crippen LogP contribution is 2.23. The quantitative estimate of drug-likeness (QED) is 0.521. The summed E-state index contributed by atoms with van der Waals surface area (Å²) in [6, 6.07) is 16.0. The van der Waals surface area contributed by atoms with E-state index in [4.69, 9.17) is 4.74 Å². The van der Waals surface area contributed by atoms with Gasteiger partial charge in [-0.2, -0.15) is 0 Å². The minimum atomic E-state index is -0.405. The molecule has 0 fully saturated rings. The number of rotatable bonds is 7. The van der Waals surface area contributed by atoms with Crippen LogP contribution in [0, 0.1) is 0 Å². The van der Waals surface area contributed by atoms with Crippen molar-refractivity contribution in [1.82, 2.24) is 9.97 Å². The maximum atomic E-state index is 12.1.